The Balaban J connectivity index is 1.55. The number of thioether (sulfide) groups is 1. The van der Waals surface area contributed by atoms with E-state index in [9.17, 15) is 4.79 Å². The van der Waals surface area contributed by atoms with Crippen molar-refractivity contribution in [2.45, 2.75) is 18.6 Å². The molecule has 0 fully saturated rings. The Hall–Kier alpha value is -3.26. The van der Waals surface area contributed by atoms with E-state index in [2.05, 4.69) is 25.5 Å². The predicted octanol–water partition coefficient (Wildman–Crippen LogP) is 3.64. The largest absolute Gasteiger partial charge is 0.325 e. The highest BCUT2D eigenvalue weighted by molar-refractivity contribution is 7.99. The molecule has 4 rings (SSSR count). The van der Waals surface area contributed by atoms with Crippen LogP contribution < -0.4 is 5.32 Å². The molecule has 3 heterocycles. The molecule has 7 nitrogen and oxygen atoms in total. The summed E-state index contributed by atoms with van der Waals surface area (Å²) in [5.41, 5.74) is 2.46. The quantitative estimate of drug-likeness (QED) is 0.506. The Kier molecular flexibility index (Phi) is 5.29. The van der Waals surface area contributed by atoms with Crippen molar-refractivity contribution in [1.29, 1.82) is 0 Å². The maximum absolute atomic E-state index is 12.2. The van der Waals surface area contributed by atoms with Crippen LogP contribution in [0.2, 0.25) is 0 Å². The highest BCUT2D eigenvalue weighted by Crippen LogP contribution is 2.28. The van der Waals surface area contributed by atoms with Gasteiger partial charge in [-0.3, -0.25) is 14.8 Å². The van der Waals surface area contributed by atoms with Gasteiger partial charge in [0.1, 0.15) is 0 Å². The van der Waals surface area contributed by atoms with E-state index in [-0.39, 0.29) is 11.7 Å². The van der Waals surface area contributed by atoms with Crippen molar-refractivity contribution in [2.24, 2.45) is 0 Å². The number of pyridine rings is 2. The number of nitrogens with zero attached hydrogens (tertiary/aromatic N) is 5. The summed E-state index contributed by atoms with van der Waals surface area (Å²) in [6.07, 6.45) is 5.25. The van der Waals surface area contributed by atoms with Crippen molar-refractivity contribution in [3.8, 4) is 11.4 Å². The molecule has 4 aromatic rings. The predicted molar refractivity (Wildman–Crippen MR) is 110 cm³/mol. The number of hydrogen-bond acceptors (Lipinski definition) is 6. The summed E-state index contributed by atoms with van der Waals surface area (Å²) in [7, 11) is 0. The molecular formula is C20H18N6OS. The first-order chi connectivity index (χ1) is 13.8. The van der Waals surface area contributed by atoms with Crippen LogP contribution in [0.5, 0.6) is 0 Å². The Morgan fingerprint density at radius 1 is 1.11 bits per heavy atom. The van der Waals surface area contributed by atoms with Crippen LogP contribution in [-0.4, -0.2) is 36.4 Å². The molecule has 140 valence electrons. The molecule has 0 aliphatic heterocycles. The molecule has 0 unspecified atom stereocenters. The summed E-state index contributed by atoms with van der Waals surface area (Å²) in [4.78, 5) is 20.9. The second-order valence-corrected chi connectivity index (χ2v) is 6.95. The van der Waals surface area contributed by atoms with Crippen molar-refractivity contribution in [3.05, 3.63) is 61.1 Å². The van der Waals surface area contributed by atoms with Gasteiger partial charge in [0.15, 0.2) is 11.0 Å². The third-order valence-electron chi connectivity index (χ3n) is 4.19. The van der Waals surface area contributed by atoms with Gasteiger partial charge in [0.05, 0.1) is 17.5 Å². The molecular weight excluding hydrogens is 372 g/mol. The minimum atomic E-state index is -0.0839. The fourth-order valence-electron chi connectivity index (χ4n) is 2.91. The number of para-hydroxylation sites is 1. The third-order valence-corrected chi connectivity index (χ3v) is 5.16. The van der Waals surface area contributed by atoms with E-state index >= 15 is 0 Å². The lowest BCUT2D eigenvalue weighted by atomic mass is 10.1. The minimum Gasteiger partial charge on any atom is -0.325 e. The van der Waals surface area contributed by atoms with E-state index in [0.29, 0.717) is 11.7 Å². The van der Waals surface area contributed by atoms with Crippen LogP contribution in [0, 0.1) is 0 Å². The normalized spacial score (nSPS) is 10.9. The Morgan fingerprint density at radius 2 is 1.96 bits per heavy atom. The zero-order valence-electron chi connectivity index (χ0n) is 15.2. The van der Waals surface area contributed by atoms with Gasteiger partial charge in [0.2, 0.25) is 5.91 Å². The molecule has 1 N–H and O–H groups in total. The Morgan fingerprint density at radius 3 is 2.79 bits per heavy atom. The summed E-state index contributed by atoms with van der Waals surface area (Å²) in [6.45, 7) is 2.71. The van der Waals surface area contributed by atoms with Crippen molar-refractivity contribution in [1.82, 2.24) is 24.7 Å². The number of fused-ring (bicyclic) bond motifs is 1. The van der Waals surface area contributed by atoms with Gasteiger partial charge in [0.25, 0.3) is 0 Å². The van der Waals surface area contributed by atoms with Crippen LogP contribution in [0.25, 0.3) is 22.3 Å². The lowest BCUT2D eigenvalue weighted by molar-refractivity contribution is -0.113. The van der Waals surface area contributed by atoms with Crippen LogP contribution in [0.3, 0.4) is 0 Å². The second-order valence-electron chi connectivity index (χ2n) is 6.01. The van der Waals surface area contributed by atoms with E-state index in [1.807, 2.05) is 54.0 Å². The SMILES string of the molecule is CCn1c(SCC(=O)Nc2ccccc2)nnc1-c1cncc2ncccc12. The average molecular weight is 390 g/mol. The number of amides is 1. The van der Waals surface area contributed by atoms with Crippen molar-refractivity contribution in [2.75, 3.05) is 11.1 Å². The summed E-state index contributed by atoms with van der Waals surface area (Å²) in [5, 5.41) is 13.2. The van der Waals surface area contributed by atoms with Crippen molar-refractivity contribution >= 4 is 34.3 Å². The first-order valence-corrected chi connectivity index (χ1v) is 9.85. The van der Waals surface area contributed by atoms with Gasteiger partial charge >= 0.3 is 0 Å². The zero-order valence-corrected chi connectivity index (χ0v) is 16.1. The van der Waals surface area contributed by atoms with Crippen LogP contribution in [0.4, 0.5) is 5.69 Å². The van der Waals surface area contributed by atoms with Gasteiger partial charge in [-0.2, -0.15) is 0 Å². The van der Waals surface area contributed by atoms with Gasteiger partial charge in [-0.15, -0.1) is 10.2 Å². The minimum absolute atomic E-state index is 0.0839. The number of anilines is 1. The molecule has 0 spiro atoms. The summed E-state index contributed by atoms with van der Waals surface area (Å²) in [6, 6.07) is 13.3. The molecule has 0 atom stereocenters. The average Bonchev–Trinajstić information content (AvgIpc) is 3.15. The Labute approximate surface area is 166 Å². The highest BCUT2D eigenvalue weighted by Gasteiger charge is 2.17. The summed E-state index contributed by atoms with van der Waals surface area (Å²) >= 11 is 1.36. The number of carbonyl (C=O) groups is 1. The topological polar surface area (TPSA) is 85.6 Å². The molecule has 3 aromatic heterocycles. The van der Waals surface area contributed by atoms with Crippen molar-refractivity contribution < 1.29 is 4.79 Å². The second kappa shape index (κ2) is 8.18. The number of nitrogens with one attached hydrogen (secondary N) is 1. The maximum atomic E-state index is 12.2. The van der Waals surface area contributed by atoms with Crippen LogP contribution >= 0.6 is 11.8 Å². The van der Waals surface area contributed by atoms with Crippen LogP contribution in [-0.2, 0) is 11.3 Å². The van der Waals surface area contributed by atoms with Gasteiger partial charge < -0.3 is 9.88 Å². The zero-order chi connectivity index (χ0) is 19.3. The maximum Gasteiger partial charge on any atom is 0.234 e. The van der Waals surface area contributed by atoms with E-state index in [4.69, 9.17) is 0 Å². The van der Waals surface area contributed by atoms with E-state index in [1.54, 1.807) is 18.6 Å². The molecule has 0 aliphatic rings. The van der Waals surface area contributed by atoms with Gasteiger partial charge in [-0.25, -0.2) is 0 Å². The number of carbonyl (C=O) groups excluding carboxylic acids is 1. The number of hydrogen-bond donors (Lipinski definition) is 1. The monoisotopic (exact) mass is 390 g/mol. The number of benzene rings is 1. The fourth-order valence-corrected chi connectivity index (χ4v) is 3.71. The molecule has 1 amide bonds. The lowest BCUT2D eigenvalue weighted by Gasteiger charge is -2.09. The number of rotatable bonds is 6. The molecule has 0 aliphatic carbocycles. The van der Waals surface area contributed by atoms with Crippen LogP contribution in [0.15, 0.2) is 66.2 Å². The fraction of sp³-hybridized carbons (Fsp3) is 0.150. The van der Waals surface area contributed by atoms with Gasteiger partial charge in [-0.1, -0.05) is 36.0 Å². The standard InChI is InChI=1S/C20H18N6OS/c1-2-26-19(16-11-21-12-17-15(16)9-6-10-22-17)24-25-20(26)28-13-18(27)23-14-7-4-3-5-8-14/h3-12H,2,13H2,1H3,(H,23,27). The van der Waals surface area contributed by atoms with E-state index in [0.717, 1.165) is 28.0 Å². The molecule has 0 radical (unpaired) electrons. The molecule has 0 bridgehead atoms. The Bertz CT molecular complexity index is 1110. The molecule has 28 heavy (non-hydrogen) atoms. The third kappa shape index (κ3) is 3.72. The molecule has 0 saturated carbocycles. The summed E-state index contributed by atoms with van der Waals surface area (Å²) in [5.74, 6) is 0.890. The van der Waals surface area contributed by atoms with E-state index < -0.39 is 0 Å². The van der Waals surface area contributed by atoms with Crippen molar-refractivity contribution in [3.63, 3.8) is 0 Å². The lowest BCUT2D eigenvalue weighted by Crippen LogP contribution is -2.14. The first-order valence-electron chi connectivity index (χ1n) is 8.86. The molecule has 8 heteroatoms. The number of aromatic nitrogens is 5. The summed E-state index contributed by atoms with van der Waals surface area (Å²) < 4.78 is 1.99. The van der Waals surface area contributed by atoms with Crippen LogP contribution in [0.1, 0.15) is 6.92 Å². The van der Waals surface area contributed by atoms with E-state index in [1.165, 1.54) is 11.8 Å². The van der Waals surface area contributed by atoms with Gasteiger partial charge in [-0.05, 0) is 25.1 Å². The van der Waals surface area contributed by atoms with Gasteiger partial charge in [0, 0.05) is 35.6 Å². The molecule has 0 saturated heterocycles. The molecule has 1 aromatic carbocycles. The first kappa shape index (κ1) is 18.1. The highest BCUT2D eigenvalue weighted by atomic mass is 32.2. The smallest absolute Gasteiger partial charge is 0.234 e.